The molecule has 1 rings (SSSR count). The molecular weight excluding hydrogens is 172 g/mol. The molecule has 0 radical (unpaired) electrons. The van der Waals surface area contributed by atoms with Crippen molar-refractivity contribution < 1.29 is 0 Å². The Morgan fingerprint density at radius 2 is 2.38 bits per heavy atom. The predicted octanol–water partition coefficient (Wildman–Crippen LogP) is 0.593. The van der Waals surface area contributed by atoms with Gasteiger partial charge >= 0.3 is 0 Å². The van der Waals surface area contributed by atoms with Crippen molar-refractivity contribution in [3.05, 3.63) is 12.4 Å². The van der Waals surface area contributed by atoms with Crippen LogP contribution in [-0.4, -0.2) is 15.2 Å². The summed E-state index contributed by atoms with van der Waals surface area (Å²) in [7, 11) is 0. The molecule has 0 aliphatic heterocycles. The van der Waals surface area contributed by atoms with Gasteiger partial charge in [-0.3, -0.25) is 4.34 Å². The maximum absolute atomic E-state index is 3.77. The minimum Gasteiger partial charge on any atom is -0.289 e. The second-order valence-corrected chi connectivity index (χ2v) is 1.46. The Labute approximate surface area is 54.7 Å². The first-order valence-corrected chi connectivity index (χ1v) is 2.73. The summed E-state index contributed by atoms with van der Waals surface area (Å²) in [6.07, 6.45) is 3.06. The molecule has 0 saturated heterocycles. The van der Waals surface area contributed by atoms with E-state index < -0.39 is 0 Å². The summed E-state index contributed by atoms with van der Waals surface area (Å²) >= 11 is 2.94. The van der Waals surface area contributed by atoms with Crippen molar-refractivity contribution in [2.75, 3.05) is 4.34 Å². The molecule has 1 aromatic rings. The minimum absolute atomic E-state index is 0.465. The number of hydrogen-bond acceptors (Lipinski definition) is 4. The maximum atomic E-state index is 3.77. The van der Waals surface area contributed by atoms with E-state index in [0.717, 1.165) is 0 Å². The Balaban J connectivity index is 2.83. The summed E-state index contributed by atoms with van der Waals surface area (Å²) in [6, 6.07) is 0. The van der Waals surface area contributed by atoms with Crippen molar-refractivity contribution in [2.45, 2.75) is 0 Å². The number of aromatic nitrogens is 3. The van der Waals surface area contributed by atoms with E-state index in [1.165, 1.54) is 6.20 Å². The van der Waals surface area contributed by atoms with Gasteiger partial charge in [0.2, 0.25) is 0 Å². The van der Waals surface area contributed by atoms with Gasteiger partial charge in [0.1, 0.15) is 0 Å². The number of rotatable bonds is 1. The zero-order valence-electron chi connectivity index (χ0n) is 3.87. The molecular formula is C3H3BrN4. The van der Waals surface area contributed by atoms with Crippen LogP contribution in [0.5, 0.6) is 0 Å². The molecule has 5 heteroatoms. The third kappa shape index (κ3) is 1.13. The van der Waals surface area contributed by atoms with Crippen LogP contribution in [0.3, 0.4) is 0 Å². The van der Waals surface area contributed by atoms with Crippen molar-refractivity contribution in [1.29, 1.82) is 0 Å². The lowest BCUT2D eigenvalue weighted by Gasteiger charge is -1.87. The highest BCUT2D eigenvalue weighted by molar-refractivity contribution is 9.10. The highest BCUT2D eigenvalue weighted by Gasteiger charge is 1.84. The summed E-state index contributed by atoms with van der Waals surface area (Å²) in [5.41, 5.74) is 0. The van der Waals surface area contributed by atoms with Gasteiger partial charge in [0.15, 0.2) is 0 Å². The van der Waals surface area contributed by atoms with Crippen LogP contribution in [0.4, 0.5) is 5.95 Å². The van der Waals surface area contributed by atoms with E-state index in [1.807, 2.05) is 0 Å². The second-order valence-electron chi connectivity index (χ2n) is 1.06. The molecule has 8 heavy (non-hydrogen) atoms. The van der Waals surface area contributed by atoms with Gasteiger partial charge in [-0.25, -0.2) is 4.98 Å². The lowest BCUT2D eigenvalue weighted by atomic mass is 10.9. The van der Waals surface area contributed by atoms with Gasteiger partial charge in [-0.05, 0) is 0 Å². The smallest absolute Gasteiger partial charge is 0.252 e. The zero-order chi connectivity index (χ0) is 5.82. The Morgan fingerprint density at radius 1 is 1.50 bits per heavy atom. The lowest BCUT2D eigenvalue weighted by molar-refractivity contribution is 0.987. The Bertz CT molecular complexity index is 153. The fraction of sp³-hybridized carbons (Fsp3) is 0. The Hall–Kier alpha value is -0.710. The van der Waals surface area contributed by atoms with Crippen molar-refractivity contribution in [3.63, 3.8) is 0 Å². The molecule has 0 amide bonds. The summed E-state index contributed by atoms with van der Waals surface area (Å²) in [5.74, 6) is 0.465. The van der Waals surface area contributed by atoms with Crippen LogP contribution < -0.4 is 4.34 Å². The van der Waals surface area contributed by atoms with Gasteiger partial charge in [-0.2, -0.15) is 5.10 Å². The first-order chi connectivity index (χ1) is 3.93. The monoisotopic (exact) mass is 174 g/mol. The molecule has 0 bridgehead atoms. The van der Waals surface area contributed by atoms with Crippen LogP contribution >= 0.6 is 16.1 Å². The Morgan fingerprint density at radius 3 is 2.75 bits per heavy atom. The predicted molar refractivity (Wildman–Crippen MR) is 32.4 cm³/mol. The van der Waals surface area contributed by atoms with Crippen molar-refractivity contribution >= 4 is 22.1 Å². The first-order valence-electron chi connectivity index (χ1n) is 1.94. The minimum atomic E-state index is 0.465. The highest BCUT2D eigenvalue weighted by atomic mass is 79.9. The molecule has 42 valence electrons. The normalized spacial score (nSPS) is 8.62. The van der Waals surface area contributed by atoms with Crippen molar-refractivity contribution in [2.24, 2.45) is 0 Å². The van der Waals surface area contributed by atoms with Gasteiger partial charge < -0.3 is 0 Å². The largest absolute Gasteiger partial charge is 0.289 e. The molecule has 0 atom stereocenters. The average Bonchev–Trinajstić information content (AvgIpc) is 1.90. The van der Waals surface area contributed by atoms with Crippen molar-refractivity contribution in [3.8, 4) is 0 Å². The van der Waals surface area contributed by atoms with Gasteiger partial charge in [-0.15, -0.1) is 5.10 Å². The van der Waals surface area contributed by atoms with E-state index in [2.05, 4.69) is 35.7 Å². The van der Waals surface area contributed by atoms with Crippen LogP contribution in [0.25, 0.3) is 0 Å². The van der Waals surface area contributed by atoms with E-state index in [1.54, 1.807) is 6.20 Å². The van der Waals surface area contributed by atoms with Crippen LogP contribution in [0, 0.1) is 0 Å². The van der Waals surface area contributed by atoms with Gasteiger partial charge in [-0.1, -0.05) is 0 Å². The molecule has 1 aromatic heterocycles. The molecule has 4 nitrogen and oxygen atoms in total. The fourth-order valence-electron chi connectivity index (χ4n) is 0.291. The first kappa shape index (κ1) is 5.43. The summed E-state index contributed by atoms with van der Waals surface area (Å²) in [6.45, 7) is 0. The number of hydrogen-bond donors (Lipinski definition) is 1. The molecule has 0 aliphatic rings. The molecule has 0 fully saturated rings. The van der Waals surface area contributed by atoms with Crippen LogP contribution in [0.1, 0.15) is 0 Å². The molecule has 0 aliphatic carbocycles. The van der Waals surface area contributed by atoms with Crippen LogP contribution in [0.2, 0.25) is 0 Å². The van der Waals surface area contributed by atoms with E-state index in [9.17, 15) is 0 Å². The molecule has 0 spiro atoms. The lowest BCUT2D eigenvalue weighted by Crippen LogP contribution is -1.89. The molecule has 0 unspecified atom stereocenters. The van der Waals surface area contributed by atoms with Gasteiger partial charge in [0, 0.05) is 16.1 Å². The third-order valence-corrected chi connectivity index (χ3v) is 0.922. The summed E-state index contributed by atoms with van der Waals surface area (Å²) < 4.78 is 2.55. The van der Waals surface area contributed by atoms with Gasteiger partial charge in [0.05, 0.1) is 12.4 Å². The zero-order valence-corrected chi connectivity index (χ0v) is 5.46. The quantitative estimate of drug-likeness (QED) is 0.634. The van der Waals surface area contributed by atoms with E-state index >= 15 is 0 Å². The fourth-order valence-corrected chi connectivity index (χ4v) is 0.473. The maximum Gasteiger partial charge on any atom is 0.252 e. The second kappa shape index (κ2) is 2.56. The molecule has 0 aromatic carbocycles. The Kier molecular flexibility index (Phi) is 1.74. The average molecular weight is 175 g/mol. The van der Waals surface area contributed by atoms with Crippen LogP contribution in [0.15, 0.2) is 12.4 Å². The third-order valence-electron chi connectivity index (χ3n) is 0.567. The van der Waals surface area contributed by atoms with E-state index in [0.29, 0.717) is 5.95 Å². The number of halogens is 1. The van der Waals surface area contributed by atoms with E-state index in [4.69, 9.17) is 0 Å². The topological polar surface area (TPSA) is 50.7 Å². The number of nitrogens with one attached hydrogen (secondary N) is 1. The van der Waals surface area contributed by atoms with Gasteiger partial charge in [0.25, 0.3) is 5.95 Å². The van der Waals surface area contributed by atoms with Crippen molar-refractivity contribution in [1.82, 2.24) is 15.2 Å². The molecule has 1 heterocycles. The molecule has 0 saturated carbocycles. The molecule has 1 N–H and O–H groups in total. The van der Waals surface area contributed by atoms with Crippen LogP contribution in [-0.2, 0) is 0 Å². The highest BCUT2D eigenvalue weighted by Crippen LogP contribution is 1.92. The number of anilines is 1. The van der Waals surface area contributed by atoms with E-state index in [-0.39, 0.29) is 0 Å². The number of nitrogens with zero attached hydrogens (tertiary/aromatic N) is 3. The summed E-state index contributed by atoms with van der Waals surface area (Å²) in [4.78, 5) is 3.77. The standard InChI is InChI=1S/C3H3BrN4/c4-7-3-5-1-2-6-8-3/h1-2H,(H,5,7,8). The summed E-state index contributed by atoms with van der Waals surface area (Å²) in [5, 5.41) is 7.13. The SMILES string of the molecule is BrNc1nccnn1.